The van der Waals surface area contributed by atoms with Crippen LogP contribution in [0.25, 0.3) is 0 Å². The van der Waals surface area contributed by atoms with Crippen molar-refractivity contribution in [2.24, 2.45) is 0 Å². The monoisotopic (exact) mass is 376 g/mol. The number of hydrogen-bond acceptors (Lipinski definition) is 4. The zero-order valence-electron chi connectivity index (χ0n) is 15.4. The highest BCUT2D eigenvalue weighted by molar-refractivity contribution is 6.30. The molecule has 140 valence electrons. The third-order valence-corrected chi connectivity index (χ3v) is 3.99. The molecule has 0 aliphatic rings. The van der Waals surface area contributed by atoms with Gasteiger partial charge in [0.2, 0.25) is 0 Å². The first-order chi connectivity index (χ1) is 12.5. The molecule has 26 heavy (non-hydrogen) atoms. The number of nitrogens with zero attached hydrogens (tertiary/aromatic N) is 2. The molecule has 0 atom stereocenters. The molecule has 0 aliphatic heterocycles. The first-order valence-corrected chi connectivity index (χ1v) is 8.85. The Labute approximate surface area is 160 Å². The number of amides is 1. The lowest BCUT2D eigenvalue weighted by atomic mass is 10.2. The van der Waals surface area contributed by atoms with Crippen molar-refractivity contribution in [3.8, 4) is 11.5 Å². The Balaban J connectivity index is 1.91. The Hall–Kier alpha value is -2.24. The van der Waals surface area contributed by atoms with Gasteiger partial charge in [-0.05, 0) is 44.4 Å². The van der Waals surface area contributed by atoms with Gasteiger partial charge in [0.25, 0.3) is 5.91 Å². The minimum absolute atomic E-state index is 0.0971. The standard InChI is InChI=1S/C20H25ClN2O3/c1-22(2)11-13-26-19-10-5-4-9-18(19)20(24)23(3)12-14-25-17-8-6-7-16(21)15-17/h4-10,15H,11-14H2,1-3H3. The second kappa shape index (κ2) is 10.0. The van der Waals surface area contributed by atoms with Gasteiger partial charge in [-0.1, -0.05) is 29.8 Å². The predicted octanol–water partition coefficient (Wildman–Crippen LogP) is 3.43. The number of hydrogen-bond donors (Lipinski definition) is 0. The Bertz CT molecular complexity index is 722. The molecule has 0 radical (unpaired) electrons. The summed E-state index contributed by atoms with van der Waals surface area (Å²) < 4.78 is 11.4. The quantitative estimate of drug-likeness (QED) is 0.672. The molecular weight excluding hydrogens is 352 g/mol. The van der Waals surface area contributed by atoms with Crippen LogP contribution in [-0.4, -0.2) is 63.2 Å². The van der Waals surface area contributed by atoms with Crippen molar-refractivity contribution in [2.45, 2.75) is 0 Å². The van der Waals surface area contributed by atoms with E-state index < -0.39 is 0 Å². The van der Waals surface area contributed by atoms with Gasteiger partial charge in [-0.25, -0.2) is 0 Å². The second-order valence-electron chi connectivity index (χ2n) is 6.18. The van der Waals surface area contributed by atoms with E-state index in [1.807, 2.05) is 49.3 Å². The van der Waals surface area contributed by atoms with E-state index in [1.165, 1.54) is 0 Å². The van der Waals surface area contributed by atoms with Crippen LogP contribution >= 0.6 is 11.6 Å². The van der Waals surface area contributed by atoms with Gasteiger partial charge in [-0.2, -0.15) is 0 Å². The number of likely N-dealkylation sites (N-methyl/N-ethyl adjacent to an activating group) is 2. The van der Waals surface area contributed by atoms with Gasteiger partial charge >= 0.3 is 0 Å². The van der Waals surface area contributed by atoms with Crippen LogP contribution in [0.15, 0.2) is 48.5 Å². The third-order valence-electron chi connectivity index (χ3n) is 3.75. The van der Waals surface area contributed by atoms with Gasteiger partial charge in [0.05, 0.1) is 12.1 Å². The number of rotatable bonds is 9. The molecule has 0 fully saturated rings. The molecule has 2 aromatic carbocycles. The van der Waals surface area contributed by atoms with Gasteiger partial charge in [-0.15, -0.1) is 0 Å². The molecular formula is C20H25ClN2O3. The number of ether oxygens (including phenoxy) is 2. The molecule has 0 saturated heterocycles. The van der Waals surface area contributed by atoms with Gasteiger partial charge in [0.15, 0.2) is 0 Å². The maximum absolute atomic E-state index is 12.7. The maximum Gasteiger partial charge on any atom is 0.257 e. The zero-order valence-corrected chi connectivity index (χ0v) is 16.2. The van der Waals surface area contributed by atoms with Crippen molar-refractivity contribution in [1.29, 1.82) is 0 Å². The summed E-state index contributed by atoms with van der Waals surface area (Å²) >= 11 is 5.93. The summed E-state index contributed by atoms with van der Waals surface area (Å²) in [6.45, 7) is 2.15. The topological polar surface area (TPSA) is 42.0 Å². The number of para-hydroxylation sites is 1. The Morgan fingerprint density at radius 1 is 0.962 bits per heavy atom. The van der Waals surface area contributed by atoms with E-state index >= 15 is 0 Å². The summed E-state index contributed by atoms with van der Waals surface area (Å²) in [7, 11) is 5.71. The van der Waals surface area contributed by atoms with Crippen LogP contribution in [0.3, 0.4) is 0 Å². The van der Waals surface area contributed by atoms with Gasteiger partial charge in [-0.3, -0.25) is 4.79 Å². The fraction of sp³-hybridized carbons (Fsp3) is 0.350. The molecule has 6 heteroatoms. The summed E-state index contributed by atoms with van der Waals surface area (Å²) in [6, 6.07) is 14.5. The van der Waals surface area contributed by atoms with Crippen molar-refractivity contribution in [2.75, 3.05) is 47.4 Å². The van der Waals surface area contributed by atoms with E-state index in [-0.39, 0.29) is 5.91 Å². The van der Waals surface area contributed by atoms with Crippen molar-refractivity contribution in [3.63, 3.8) is 0 Å². The van der Waals surface area contributed by atoms with Crippen molar-refractivity contribution < 1.29 is 14.3 Å². The Morgan fingerprint density at radius 3 is 2.42 bits per heavy atom. The van der Waals surface area contributed by atoms with Gasteiger partial charge in [0, 0.05) is 18.6 Å². The molecule has 1 amide bonds. The van der Waals surface area contributed by atoms with Crippen LogP contribution in [0.2, 0.25) is 5.02 Å². The first-order valence-electron chi connectivity index (χ1n) is 8.48. The molecule has 5 nitrogen and oxygen atoms in total. The van der Waals surface area contributed by atoms with Gasteiger partial charge < -0.3 is 19.3 Å². The highest BCUT2D eigenvalue weighted by Gasteiger charge is 2.16. The number of carbonyl (C=O) groups is 1. The molecule has 0 aliphatic carbocycles. The molecule has 0 N–H and O–H groups in total. The SMILES string of the molecule is CN(C)CCOc1ccccc1C(=O)N(C)CCOc1cccc(Cl)c1. The molecule has 0 aromatic heterocycles. The summed E-state index contributed by atoms with van der Waals surface area (Å²) in [5, 5.41) is 0.621. The fourth-order valence-corrected chi connectivity index (χ4v) is 2.45. The van der Waals surface area contributed by atoms with Crippen LogP contribution in [0.1, 0.15) is 10.4 Å². The molecule has 0 bridgehead atoms. The second-order valence-corrected chi connectivity index (χ2v) is 6.62. The zero-order chi connectivity index (χ0) is 18.9. The summed E-state index contributed by atoms with van der Waals surface area (Å²) in [4.78, 5) is 16.4. The summed E-state index contributed by atoms with van der Waals surface area (Å²) in [5.41, 5.74) is 0.552. The maximum atomic E-state index is 12.7. The third kappa shape index (κ3) is 6.24. The number of halogens is 1. The highest BCUT2D eigenvalue weighted by Crippen LogP contribution is 2.20. The summed E-state index contributed by atoms with van der Waals surface area (Å²) in [5.74, 6) is 1.19. The van der Waals surface area contributed by atoms with Crippen LogP contribution in [0.4, 0.5) is 0 Å². The number of benzene rings is 2. The highest BCUT2D eigenvalue weighted by atomic mass is 35.5. The number of carbonyl (C=O) groups excluding carboxylic acids is 1. The lowest BCUT2D eigenvalue weighted by molar-refractivity contribution is 0.0769. The molecule has 0 spiro atoms. The van der Waals surface area contributed by atoms with E-state index in [0.717, 1.165) is 6.54 Å². The molecule has 0 heterocycles. The smallest absolute Gasteiger partial charge is 0.257 e. The van der Waals surface area contributed by atoms with Crippen LogP contribution in [0.5, 0.6) is 11.5 Å². The van der Waals surface area contributed by atoms with Crippen molar-refractivity contribution in [3.05, 3.63) is 59.1 Å². The average Bonchev–Trinajstić information content (AvgIpc) is 2.61. The molecule has 0 saturated carbocycles. The van der Waals surface area contributed by atoms with E-state index in [9.17, 15) is 4.79 Å². The van der Waals surface area contributed by atoms with Crippen LogP contribution in [-0.2, 0) is 0 Å². The minimum Gasteiger partial charge on any atom is -0.492 e. The fourth-order valence-electron chi connectivity index (χ4n) is 2.27. The molecule has 0 unspecified atom stereocenters. The molecule has 2 rings (SSSR count). The van der Waals surface area contributed by atoms with Crippen molar-refractivity contribution >= 4 is 17.5 Å². The predicted molar refractivity (Wildman–Crippen MR) is 104 cm³/mol. The lowest BCUT2D eigenvalue weighted by Gasteiger charge is -2.20. The van der Waals surface area contributed by atoms with Crippen molar-refractivity contribution in [1.82, 2.24) is 9.80 Å². The largest absolute Gasteiger partial charge is 0.492 e. The van der Waals surface area contributed by atoms with E-state index in [1.54, 1.807) is 30.1 Å². The Kier molecular flexibility index (Phi) is 7.75. The van der Waals surface area contributed by atoms with Crippen LogP contribution < -0.4 is 9.47 Å². The summed E-state index contributed by atoms with van der Waals surface area (Å²) in [6.07, 6.45) is 0. The minimum atomic E-state index is -0.0971. The average molecular weight is 377 g/mol. The lowest BCUT2D eigenvalue weighted by Crippen LogP contribution is -2.31. The van der Waals surface area contributed by atoms with E-state index in [0.29, 0.717) is 41.8 Å². The Morgan fingerprint density at radius 2 is 1.69 bits per heavy atom. The van der Waals surface area contributed by atoms with Gasteiger partial charge in [0.1, 0.15) is 24.7 Å². The normalized spacial score (nSPS) is 10.7. The van der Waals surface area contributed by atoms with E-state index in [4.69, 9.17) is 21.1 Å². The first kappa shape index (κ1) is 20.1. The molecule has 2 aromatic rings. The van der Waals surface area contributed by atoms with Crippen LogP contribution in [0, 0.1) is 0 Å². The van der Waals surface area contributed by atoms with E-state index in [2.05, 4.69) is 0 Å².